The highest BCUT2D eigenvalue weighted by molar-refractivity contribution is 14.0. The Balaban J connectivity index is 0.00000261. The Labute approximate surface area is 179 Å². The van der Waals surface area contributed by atoms with Gasteiger partial charge in [-0.3, -0.25) is 9.79 Å². The highest BCUT2D eigenvalue weighted by Gasteiger charge is 2.19. The number of anilines is 2. The molecule has 2 aromatic heterocycles. The van der Waals surface area contributed by atoms with Gasteiger partial charge in [-0.15, -0.1) is 35.3 Å². The molecule has 1 amide bonds. The van der Waals surface area contributed by atoms with Crippen molar-refractivity contribution in [3.63, 3.8) is 0 Å². The van der Waals surface area contributed by atoms with Crippen LogP contribution in [0.1, 0.15) is 12.1 Å². The zero-order valence-corrected chi connectivity index (χ0v) is 18.3. The van der Waals surface area contributed by atoms with Gasteiger partial charge in [0.1, 0.15) is 5.82 Å². The van der Waals surface area contributed by atoms with Crippen molar-refractivity contribution in [3.05, 3.63) is 35.5 Å². The van der Waals surface area contributed by atoms with Crippen molar-refractivity contribution in [1.82, 2.24) is 14.9 Å². The van der Waals surface area contributed by atoms with Gasteiger partial charge in [-0.25, -0.2) is 9.97 Å². The summed E-state index contributed by atoms with van der Waals surface area (Å²) in [6.07, 6.45) is 2.09. The van der Waals surface area contributed by atoms with E-state index in [2.05, 4.69) is 25.2 Å². The van der Waals surface area contributed by atoms with Gasteiger partial charge in [0.25, 0.3) is 0 Å². The highest BCUT2D eigenvalue weighted by Crippen LogP contribution is 2.18. The van der Waals surface area contributed by atoms with Gasteiger partial charge in [-0.1, -0.05) is 6.07 Å². The Morgan fingerprint density at radius 1 is 1.33 bits per heavy atom. The minimum atomic E-state index is -0.117. The molecule has 1 aliphatic rings. The van der Waals surface area contributed by atoms with Crippen LogP contribution in [0.25, 0.3) is 0 Å². The molecule has 0 aliphatic carbocycles. The third-order valence-corrected chi connectivity index (χ3v) is 4.89. The van der Waals surface area contributed by atoms with E-state index in [0.717, 1.165) is 37.0 Å². The average molecular weight is 501 g/mol. The van der Waals surface area contributed by atoms with Crippen molar-refractivity contribution in [3.8, 4) is 0 Å². The van der Waals surface area contributed by atoms with Crippen LogP contribution in [0.5, 0.6) is 0 Å². The first-order valence-electron chi connectivity index (χ1n) is 8.54. The van der Waals surface area contributed by atoms with Gasteiger partial charge in [-0.05, 0) is 19.1 Å². The summed E-state index contributed by atoms with van der Waals surface area (Å²) in [5.74, 6) is 0.934. The monoisotopic (exact) mass is 501 g/mol. The van der Waals surface area contributed by atoms with Gasteiger partial charge >= 0.3 is 0 Å². The summed E-state index contributed by atoms with van der Waals surface area (Å²) in [5, 5.41) is 5.80. The number of aryl methyl sites for hydroxylation is 1. The molecule has 1 aliphatic heterocycles. The lowest BCUT2D eigenvalue weighted by molar-refractivity contribution is -0.116. The minimum absolute atomic E-state index is 0. The van der Waals surface area contributed by atoms with E-state index in [1.54, 1.807) is 17.4 Å². The molecule has 1 saturated heterocycles. The number of carbonyl (C=O) groups is 1. The summed E-state index contributed by atoms with van der Waals surface area (Å²) in [4.78, 5) is 29.2. The molecule has 0 atom stereocenters. The fourth-order valence-corrected chi connectivity index (χ4v) is 3.39. The van der Waals surface area contributed by atoms with Gasteiger partial charge < -0.3 is 20.9 Å². The number of hydrogen-bond donors (Lipinski definition) is 2. The van der Waals surface area contributed by atoms with Crippen molar-refractivity contribution in [1.29, 1.82) is 0 Å². The first-order valence-corrected chi connectivity index (χ1v) is 9.42. The highest BCUT2D eigenvalue weighted by atomic mass is 127. The van der Waals surface area contributed by atoms with E-state index in [1.165, 1.54) is 0 Å². The van der Waals surface area contributed by atoms with Crippen molar-refractivity contribution >= 4 is 58.1 Å². The maximum atomic E-state index is 12.0. The van der Waals surface area contributed by atoms with Crippen molar-refractivity contribution in [2.24, 2.45) is 10.7 Å². The molecule has 27 heavy (non-hydrogen) atoms. The number of thiazole rings is 1. The number of guanidine groups is 1. The standard InChI is InChI=1S/C17H23N7OS.HI/c1-13-3-2-4-14(21-13)22-15(25)5-6-19-16(18)23-8-10-24(11-9-23)17-20-7-12-26-17;/h2-4,7,12H,5-6,8-11H2,1H3,(H2,18,19)(H,21,22,25);1H. The van der Waals surface area contributed by atoms with Gasteiger partial charge in [0.2, 0.25) is 5.91 Å². The van der Waals surface area contributed by atoms with Gasteiger partial charge in [0, 0.05) is 49.9 Å². The van der Waals surface area contributed by atoms with Crippen LogP contribution < -0.4 is 16.0 Å². The van der Waals surface area contributed by atoms with Gasteiger partial charge in [0.05, 0.1) is 6.54 Å². The normalized spacial score (nSPS) is 14.6. The predicted molar refractivity (Wildman–Crippen MR) is 120 cm³/mol. The topological polar surface area (TPSA) is 99.7 Å². The number of pyridine rings is 1. The van der Waals surface area contributed by atoms with Gasteiger partial charge in [0.15, 0.2) is 11.1 Å². The molecule has 0 aromatic carbocycles. The molecular weight excluding hydrogens is 477 g/mol. The van der Waals surface area contributed by atoms with E-state index >= 15 is 0 Å². The number of piperazine rings is 1. The van der Waals surface area contributed by atoms with E-state index in [1.807, 2.05) is 35.5 Å². The summed E-state index contributed by atoms with van der Waals surface area (Å²) in [6, 6.07) is 5.51. The summed E-state index contributed by atoms with van der Waals surface area (Å²) in [6.45, 7) is 5.57. The Hall–Kier alpha value is -1.95. The van der Waals surface area contributed by atoms with E-state index in [0.29, 0.717) is 18.3 Å². The third-order valence-electron chi connectivity index (χ3n) is 4.06. The molecule has 3 N–H and O–H groups in total. The SMILES string of the molecule is Cc1cccc(NC(=O)CCN=C(N)N2CCN(c3nccs3)CC2)n1.I. The van der Waals surface area contributed by atoms with Crippen LogP contribution in [0.15, 0.2) is 34.8 Å². The lowest BCUT2D eigenvalue weighted by Gasteiger charge is -2.35. The molecule has 0 bridgehead atoms. The summed E-state index contributed by atoms with van der Waals surface area (Å²) < 4.78 is 0. The van der Waals surface area contributed by atoms with E-state index in [4.69, 9.17) is 5.73 Å². The Kier molecular flexibility index (Phi) is 8.23. The number of aromatic nitrogens is 2. The second-order valence-corrected chi connectivity index (χ2v) is 6.86. The number of hydrogen-bond acceptors (Lipinski definition) is 6. The summed E-state index contributed by atoms with van der Waals surface area (Å²) in [5.41, 5.74) is 6.93. The van der Waals surface area contributed by atoms with Crippen LogP contribution in [-0.2, 0) is 4.79 Å². The maximum Gasteiger partial charge on any atom is 0.227 e. The second-order valence-electron chi connectivity index (χ2n) is 5.99. The van der Waals surface area contributed by atoms with E-state index < -0.39 is 0 Å². The van der Waals surface area contributed by atoms with Crippen LogP contribution in [0.4, 0.5) is 10.9 Å². The molecule has 8 nitrogen and oxygen atoms in total. The van der Waals surface area contributed by atoms with E-state index in [-0.39, 0.29) is 36.3 Å². The number of amides is 1. The van der Waals surface area contributed by atoms with Crippen LogP contribution in [-0.4, -0.2) is 59.5 Å². The second kappa shape index (κ2) is 10.4. The van der Waals surface area contributed by atoms with Crippen molar-refractivity contribution in [2.75, 3.05) is 42.9 Å². The molecule has 0 unspecified atom stereocenters. The number of nitrogens with zero attached hydrogens (tertiary/aromatic N) is 5. The lowest BCUT2D eigenvalue weighted by atomic mass is 10.3. The molecule has 0 radical (unpaired) electrons. The first kappa shape index (κ1) is 21.4. The minimum Gasteiger partial charge on any atom is -0.370 e. The molecule has 0 spiro atoms. The number of halogens is 1. The molecule has 0 saturated carbocycles. The summed E-state index contributed by atoms with van der Waals surface area (Å²) in [7, 11) is 0. The smallest absolute Gasteiger partial charge is 0.227 e. The fraction of sp³-hybridized carbons (Fsp3) is 0.412. The predicted octanol–water partition coefficient (Wildman–Crippen LogP) is 1.93. The molecular formula is C17H24IN7OS. The van der Waals surface area contributed by atoms with Crippen LogP contribution in [0, 0.1) is 6.92 Å². The molecule has 3 heterocycles. The maximum absolute atomic E-state index is 12.0. The van der Waals surface area contributed by atoms with Crippen LogP contribution in [0.3, 0.4) is 0 Å². The van der Waals surface area contributed by atoms with Crippen LogP contribution in [0.2, 0.25) is 0 Å². The molecule has 2 aromatic rings. The third kappa shape index (κ3) is 6.31. The summed E-state index contributed by atoms with van der Waals surface area (Å²) >= 11 is 1.64. The van der Waals surface area contributed by atoms with Crippen molar-refractivity contribution in [2.45, 2.75) is 13.3 Å². The number of carbonyl (C=O) groups excluding carboxylic acids is 1. The lowest BCUT2D eigenvalue weighted by Crippen LogP contribution is -2.51. The van der Waals surface area contributed by atoms with E-state index in [9.17, 15) is 4.79 Å². The number of nitrogens with two attached hydrogens (primary N) is 1. The Morgan fingerprint density at radius 2 is 2.11 bits per heavy atom. The zero-order valence-electron chi connectivity index (χ0n) is 15.2. The zero-order chi connectivity index (χ0) is 18.4. The largest absolute Gasteiger partial charge is 0.370 e. The van der Waals surface area contributed by atoms with Crippen LogP contribution >= 0.6 is 35.3 Å². The molecule has 1 fully saturated rings. The number of rotatable bonds is 5. The average Bonchev–Trinajstić information content (AvgIpc) is 3.16. The molecule has 3 rings (SSSR count). The first-order chi connectivity index (χ1) is 12.6. The number of aliphatic imine (C=N–C) groups is 1. The number of nitrogens with one attached hydrogen (secondary N) is 1. The Morgan fingerprint density at radius 3 is 2.78 bits per heavy atom. The Bertz CT molecular complexity index is 760. The van der Waals surface area contributed by atoms with Crippen molar-refractivity contribution < 1.29 is 4.79 Å². The molecule has 10 heteroatoms. The van der Waals surface area contributed by atoms with Gasteiger partial charge in [-0.2, -0.15) is 0 Å². The quantitative estimate of drug-likeness (QED) is 0.369. The fourth-order valence-electron chi connectivity index (χ4n) is 2.69. The molecule has 146 valence electrons.